The molecule has 1 atom stereocenters. The lowest BCUT2D eigenvalue weighted by atomic mass is 10.1. The molecule has 0 saturated carbocycles. The van der Waals surface area contributed by atoms with Crippen LogP contribution >= 0.6 is 11.8 Å². The zero-order valence-electron chi connectivity index (χ0n) is 15.7. The molecule has 1 unspecified atom stereocenters. The van der Waals surface area contributed by atoms with Crippen LogP contribution in [0.2, 0.25) is 0 Å². The van der Waals surface area contributed by atoms with E-state index in [4.69, 9.17) is 9.47 Å². The Bertz CT molecular complexity index is 1020. The minimum Gasteiger partial charge on any atom is -0.454 e. The summed E-state index contributed by atoms with van der Waals surface area (Å²) in [7, 11) is 0. The Morgan fingerprint density at radius 1 is 1.07 bits per heavy atom. The van der Waals surface area contributed by atoms with Crippen molar-refractivity contribution in [2.24, 2.45) is 0 Å². The molecule has 1 amide bonds. The molecule has 8 heteroatoms. The Morgan fingerprint density at radius 3 is 2.83 bits per heavy atom. The van der Waals surface area contributed by atoms with E-state index in [-0.39, 0.29) is 12.7 Å². The summed E-state index contributed by atoms with van der Waals surface area (Å²) in [6.07, 6.45) is 2.42. The smallest absolute Gasteiger partial charge is 0.276 e. The molecule has 1 aromatic heterocycles. The molecule has 0 bridgehead atoms. The molecule has 2 aliphatic rings. The minimum absolute atomic E-state index is 0.0703. The van der Waals surface area contributed by atoms with Gasteiger partial charge in [-0.05, 0) is 36.2 Å². The van der Waals surface area contributed by atoms with Gasteiger partial charge in [-0.15, -0.1) is 5.10 Å². The Morgan fingerprint density at radius 2 is 1.93 bits per heavy atom. The maximum atomic E-state index is 13.0. The Labute approximate surface area is 172 Å². The number of fused-ring (bicyclic) bond motifs is 1. The highest BCUT2D eigenvalue weighted by molar-refractivity contribution is 7.99. The molecule has 3 heterocycles. The number of aromatic nitrogens is 3. The van der Waals surface area contributed by atoms with Crippen molar-refractivity contribution in [1.82, 2.24) is 19.9 Å². The third kappa shape index (κ3) is 3.67. The van der Waals surface area contributed by atoms with E-state index in [1.165, 1.54) is 10.4 Å². The fourth-order valence-electron chi connectivity index (χ4n) is 3.56. The molecular formula is C21H20N4O3S. The molecule has 1 fully saturated rings. The highest BCUT2D eigenvalue weighted by Crippen LogP contribution is 2.40. The number of hydrogen-bond donors (Lipinski definition) is 0. The first-order chi connectivity index (χ1) is 14.3. The Kier molecular flexibility index (Phi) is 4.85. The van der Waals surface area contributed by atoms with Crippen LogP contribution in [-0.2, 0) is 0 Å². The lowest BCUT2D eigenvalue weighted by Gasteiger charge is -2.19. The summed E-state index contributed by atoms with van der Waals surface area (Å²) in [6, 6.07) is 15.7. The van der Waals surface area contributed by atoms with Crippen molar-refractivity contribution in [3.63, 3.8) is 0 Å². The topological polar surface area (TPSA) is 69.5 Å². The van der Waals surface area contributed by atoms with Gasteiger partial charge < -0.3 is 14.4 Å². The molecule has 7 nitrogen and oxygen atoms in total. The second-order valence-electron chi connectivity index (χ2n) is 6.91. The van der Waals surface area contributed by atoms with Crippen molar-refractivity contribution in [2.75, 3.05) is 25.6 Å². The third-order valence-electron chi connectivity index (χ3n) is 5.10. The number of carbonyl (C=O) groups excluding carboxylic acids is 1. The number of carbonyl (C=O) groups is 1. The van der Waals surface area contributed by atoms with Crippen LogP contribution in [0.3, 0.4) is 0 Å². The van der Waals surface area contributed by atoms with Crippen LogP contribution in [0.1, 0.15) is 27.7 Å². The van der Waals surface area contributed by atoms with E-state index >= 15 is 0 Å². The molecule has 0 N–H and O–H groups in total. The number of rotatable bonds is 3. The molecular weight excluding hydrogens is 388 g/mol. The number of nitrogens with zero attached hydrogens (tertiary/aromatic N) is 4. The number of amides is 1. The van der Waals surface area contributed by atoms with Gasteiger partial charge in [0.2, 0.25) is 6.79 Å². The van der Waals surface area contributed by atoms with E-state index in [0.717, 1.165) is 29.4 Å². The second-order valence-corrected chi connectivity index (χ2v) is 8.22. The van der Waals surface area contributed by atoms with Crippen LogP contribution in [0.5, 0.6) is 11.5 Å². The van der Waals surface area contributed by atoms with Crippen molar-refractivity contribution in [2.45, 2.75) is 11.7 Å². The quantitative estimate of drug-likeness (QED) is 0.662. The average Bonchev–Trinajstić information content (AvgIpc) is 3.38. The van der Waals surface area contributed by atoms with Crippen molar-refractivity contribution in [1.29, 1.82) is 0 Å². The molecule has 0 aliphatic carbocycles. The van der Waals surface area contributed by atoms with Crippen LogP contribution in [0.15, 0.2) is 54.7 Å². The minimum atomic E-state index is -0.0703. The van der Waals surface area contributed by atoms with E-state index in [2.05, 4.69) is 22.3 Å². The molecule has 29 heavy (non-hydrogen) atoms. The van der Waals surface area contributed by atoms with E-state index in [1.54, 1.807) is 6.20 Å². The van der Waals surface area contributed by atoms with Gasteiger partial charge in [0.1, 0.15) is 0 Å². The predicted molar refractivity (Wildman–Crippen MR) is 110 cm³/mol. The average molecular weight is 408 g/mol. The number of ether oxygens (including phenoxy) is 2. The first-order valence-electron chi connectivity index (χ1n) is 9.56. The largest absolute Gasteiger partial charge is 0.454 e. The fraction of sp³-hybridized carbons (Fsp3) is 0.286. The molecule has 1 saturated heterocycles. The molecule has 2 aromatic carbocycles. The van der Waals surface area contributed by atoms with Gasteiger partial charge in [-0.3, -0.25) is 4.79 Å². The van der Waals surface area contributed by atoms with Crippen molar-refractivity contribution < 1.29 is 14.3 Å². The van der Waals surface area contributed by atoms with Gasteiger partial charge in [0.15, 0.2) is 17.2 Å². The lowest BCUT2D eigenvalue weighted by Crippen LogP contribution is -2.33. The van der Waals surface area contributed by atoms with Crippen LogP contribution in [0.4, 0.5) is 0 Å². The summed E-state index contributed by atoms with van der Waals surface area (Å²) in [5, 5.41) is 8.95. The van der Waals surface area contributed by atoms with Gasteiger partial charge in [-0.25, -0.2) is 0 Å². The summed E-state index contributed by atoms with van der Waals surface area (Å²) in [5.74, 6) is 2.40. The zero-order valence-corrected chi connectivity index (χ0v) is 16.5. The molecule has 5 rings (SSSR count). The molecule has 3 aromatic rings. The number of para-hydroxylation sites is 1. The van der Waals surface area contributed by atoms with Crippen LogP contribution < -0.4 is 9.47 Å². The summed E-state index contributed by atoms with van der Waals surface area (Å²) in [6.45, 7) is 1.66. The zero-order chi connectivity index (χ0) is 19.6. The predicted octanol–water partition coefficient (Wildman–Crippen LogP) is 3.32. The van der Waals surface area contributed by atoms with Gasteiger partial charge in [0.25, 0.3) is 5.91 Å². The van der Waals surface area contributed by atoms with Gasteiger partial charge in [0.05, 0.1) is 11.9 Å². The maximum Gasteiger partial charge on any atom is 0.276 e. The lowest BCUT2D eigenvalue weighted by molar-refractivity contribution is 0.0760. The van der Waals surface area contributed by atoms with Crippen molar-refractivity contribution >= 4 is 17.7 Å². The van der Waals surface area contributed by atoms with Gasteiger partial charge in [-0.1, -0.05) is 24.3 Å². The normalized spacial score (nSPS) is 18.5. The summed E-state index contributed by atoms with van der Waals surface area (Å²) < 4.78 is 10.9. The van der Waals surface area contributed by atoms with E-state index < -0.39 is 0 Å². The number of thioether (sulfide) groups is 1. The van der Waals surface area contributed by atoms with Crippen LogP contribution in [0, 0.1) is 0 Å². The first-order valence-corrected chi connectivity index (χ1v) is 10.6. The van der Waals surface area contributed by atoms with E-state index in [1.807, 2.05) is 53.1 Å². The maximum absolute atomic E-state index is 13.0. The summed E-state index contributed by atoms with van der Waals surface area (Å²) >= 11 is 1.87. The van der Waals surface area contributed by atoms with E-state index in [0.29, 0.717) is 24.0 Å². The van der Waals surface area contributed by atoms with Crippen LogP contribution in [0.25, 0.3) is 5.69 Å². The fourth-order valence-corrected chi connectivity index (χ4v) is 4.78. The Hall–Kier alpha value is -3.00. The summed E-state index contributed by atoms with van der Waals surface area (Å²) in [4.78, 5) is 16.3. The van der Waals surface area contributed by atoms with Gasteiger partial charge in [-0.2, -0.15) is 21.7 Å². The second kappa shape index (κ2) is 7.79. The first kappa shape index (κ1) is 18.1. The van der Waals surface area contributed by atoms with Crippen molar-refractivity contribution in [3.8, 4) is 17.2 Å². The third-order valence-corrected chi connectivity index (χ3v) is 6.42. The molecule has 2 aliphatic heterocycles. The van der Waals surface area contributed by atoms with Gasteiger partial charge >= 0.3 is 0 Å². The van der Waals surface area contributed by atoms with Crippen molar-refractivity contribution in [3.05, 3.63) is 66.0 Å². The van der Waals surface area contributed by atoms with Gasteiger partial charge in [0, 0.05) is 24.1 Å². The number of hydrogen-bond acceptors (Lipinski definition) is 6. The Balaban J connectivity index is 1.27. The highest BCUT2D eigenvalue weighted by Gasteiger charge is 2.26. The SMILES string of the molecule is O=C(c1cnn(-c2ccccc2)n1)N1CCSC(c2ccc3c(c2)OCO3)CC1. The molecule has 0 radical (unpaired) electrons. The molecule has 148 valence electrons. The number of benzene rings is 2. The highest BCUT2D eigenvalue weighted by atomic mass is 32.2. The standard InChI is InChI=1S/C21H20N4O3S/c26-21(17-13-22-25(23-17)16-4-2-1-3-5-16)24-9-8-20(29-11-10-24)15-6-7-18-19(12-15)28-14-27-18/h1-7,12-13,20H,8-11,14H2. The van der Waals surface area contributed by atoms with Crippen LogP contribution in [-0.4, -0.2) is 51.4 Å². The monoisotopic (exact) mass is 408 g/mol. The molecule has 0 spiro atoms. The van der Waals surface area contributed by atoms with E-state index in [9.17, 15) is 4.79 Å². The summed E-state index contributed by atoms with van der Waals surface area (Å²) in [5.41, 5.74) is 2.42.